The first-order valence-corrected chi connectivity index (χ1v) is 8.28. The minimum Gasteiger partial charge on any atom is -0.357 e. The molecule has 1 aromatic rings. The average molecular weight is 288 g/mol. The third-order valence-electron chi connectivity index (χ3n) is 4.89. The van der Waals surface area contributed by atoms with Gasteiger partial charge in [0.05, 0.1) is 0 Å². The van der Waals surface area contributed by atoms with E-state index in [9.17, 15) is 0 Å². The van der Waals surface area contributed by atoms with Gasteiger partial charge < -0.3 is 10.2 Å². The molecule has 0 aliphatic carbocycles. The van der Waals surface area contributed by atoms with Crippen molar-refractivity contribution < 1.29 is 0 Å². The molecule has 0 saturated carbocycles. The maximum absolute atomic E-state index is 4.62. The first kappa shape index (κ1) is 14.8. The smallest absolute Gasteiger partial charge is 0.128 e. The quantitative estimate of drug-likeness (QED) is 0.921. The zero-order chi connectivity index (χ0) is 14.8. The number of pyridine rings is 1. The molecule has 2 aliphatic rings. The van der Waals surface area contributed by atoms with Gasteiger partial charge in [-0.1, -0.05) is 12.5 Å². The van der Waals surface area contributed by atoms with Gasteiger partial charge in [-0.3, -0.25) is 4.90 Å². The molecule has 21 heavy (non-hydrogen) atoms. The van der Waals surface area contributed by atoms with Crippen LogP contribution in [0.3, 0.4) is 0 Å². The van der Waals surface area contributed by atoms with Crippen molar-refractivity contribution in [1.82, 2.24) is 15.2 Å². The minimum atomic E-state index is 0.482. The van der Waals surface area contributed by atoms with Gasteiger partial charge in [0.2, 0.25) is 0 Å². The molecule has 2 bridgehead atoms. The monoisotopic (exact) mass is 288 g/mol. The molecule has 2 atom stereocenters. The predicted octanol–water partition coefficient (Wildman–Crippen LogP) is 2.25. The fourth-order valence-electron chi connectivity index (χ4n) is 3.47. The minimum absolute atomic E-state index is 0.482. The van der Waals surface area contributed by atoms with E-state index in [1.54, 1.807) is 0 Å². The van der Waals surface area contributed by atoms with Crippen LogP contribution in [0.1, 0.15) is 38.7 Å². The van der Waals surface area contributed by atoms with Crippen molar-refractivity contribution >= 4 is 5.82 Å². The maximum Gasteiger partial charge on any atom is 0.128 e. The van der Waals surface area contributed by atoms with E-state index in [0.717, 1.165) is 12.4 Å². The number of nitrogens with zero attached hydrogens (tertiary/aromatic N) is 3. The second-order valence-corrected chi connectivity index (χ2v) is 6.91. The molecule has 116 valence electrons. The van der Waals surface area contributed by atoms with E-state index in [4.69, 9.17) is 0 Å². The largest absolute Gasteiger partial charge is 0.357 e. The summed E-state index contributed by atoms with van der Waals surface area (Å²) in [5.74, 6) is 1.06. The first-order chi connectivity index (χ1) is 10.1. The van der Waals surface area contributed by atoms with Crippen LogP contribution in [-0.4, -0.2) is 48.1 Å². The normalized spacial score (nSPS) is 26.1. The summed E-state index contributed by atoms with van der Waals surface area (Å²) in [5.41, 5.74) is 1.33. The van der Waals surface area contributed by atoms with Crippen LogP contribution in [-0.2, 0) is 6.54 Å². The lowest BCUT2D eigenvalue weighted by Crippen LogP contribution is -2.58. The second kappa shape index (κ2) is 6.32. The molecule has 0 aromatic carbocycles. The molecule has 2 fully saturated rings. The van der Waals surface area contributed by atoms with Gasteiger partial charge in [-0.05, 0) is 38.3 Å². The number of hydrogen-bond acceptors (Lipinski definition) is 4. The van der Waals surface area contributed by atoms with Crippen molar-refractivity contribution in [2.75, 3.05) is 25.0 Å². The van der Waals surface area contributed by atoms with E-state index in [0.29, 0.717) is 18.1 Å². The Hall–Kier alpha value is -1.13. The van der Waals surface area contributed by atoms with E-state index >= 15 is 0 Å². The van der Waals surface area contributed by atoms with E-state index < -0.39 is 0 Å². The van der Waals surface area contributed by atoms with Gasteiger partial charge in [-0.25, -0.2) is 4.98 Å². The van der Waals surface area contributed by atoms with Crippen molar-refractivity contribution in [1.29, 1.82) is 0 Å². The first-order valence-electron chi connectivity index (χ1n) is 8.28. The Kier molecular flexibility index (Phi) is 4.45. The molecular weight excluding hydrogens is 260 g/mol. The third-order valence-corrected chi connectivity index (χ3v) is 4.89. The standard InChI is InChI=1S/C17H28N4/c1-13(2)20(3)17-8-7-14(9-18-17)10-21-11-15-5-4-6-16(12-21)19-15/h7-9,13,15-16,19H,4-6,10-12H2,1-3H3. The molecule has 2 aliphatic heterocycles. The molecule has 2 saturated heterocycles. The Bertz CT molecular complexity index is 444. The number of rotatable bonds is 4. The highest BCUT2D eigenvalue weighted by atomic mass is 15.2. The summed E-state index contributed by atoms with van der Waals surface area (Å²) >= 11 is 0. The number of aromatic nitrogens is 1. The lowest BCUT2D eigenvalue weighted by atomic mass is 9.94. The highest BCUT2D eigenvalue weighted by Crippen LogP contribution is 2.21. The molecule has 4 heteroatoms. The van der Waals surface area contributed by atoms with Crippen molar-refractivity contribution in [3.63, 3.8) is 0 Å². The van der Waals surface area contributed by atoms with Crippen LogP contribution < -0.4 is 10.2 Å². The van der Waals surface area contributed by atoms with Crippen molar-refractivity contribution in [2.24, 2.45) is 0 Å². The van der Waals surface area contributed by atoms with E-state index in [1.807, 2.05) is 6.20 Å². The summed E-state index contributed by atoms with van der Waals surface area (Å²) in [6.07, 6.45) is 6.12. The Morgan fingerprint density at radius 3 is 2.57 bits per heavy atom. The number of hydrogen-bond donors (Lipinski definition) is 1. The predicted molar refractivity (Wildman–Crippen MR) is 87.6 cm³/mol. The number of nitrogens with one attached hydrogen (secondary N) is 1. The number of anilines is 1. The fraction of sp³-hybridized carbons (Fsp3) is 0.706. The summed E-state index contributed by atoms with van der Waals surface area (Å²) in [6, 6.07) is 6.28. The summed E-state index contributed by atoms with van der Waals surface area (Å²) in [4.78, 5) is 9.42. The zero-order valence-electron chi connectivity index (χ0n) is 13.5. The van der Waals surface area contributed by atoms with Crippen molar-refractivity contribution in [3.8, 4) is 0 Å². The van der Waals surface area contributed by atoms with E-state index in [-0.39, 0.29) is 0 Å². The Labute approximate surface area is 128 Å². The van der Waals surface area contributed by atoms with Crippen LogP contribution in [0.5, 0.6) is 0 Å². The van der Waals surface area contributed by atoms with Crippen LogP contribution in [0.15, 0.2) is 18.3 Å². The van der Waals surface area contributed by atoms with Gasteiger partial charge in [0.15, 0.2) is 0 Å². The SMILES string of the molecule is CC(C)N(C)c1ccc(CN2CC3CCCC(C2)N3)cn1. The van der Waals surface area contributed by atoms with Gasteiger partial charge in [0.25, 0.3) is 0 Å². The van der Waals surface area contributed by atoms with Crippen LogP contribution in [0.4, 0.5) is 5.82 Å². The highest BCUT2D eigenvalue weighted by Gasteiger charge is 2.29. The average Bonchev–Trinajstić information content (AvgIpc) is 2.47. The molecule has 1 N–H and O–H groups in total. The van der Waals surface area contributed by atoms with Gasteiger partial charge >= 0.3 is 0 Å². The zero-order valence-corrected chi connectivity index (χ0v) is 13.5. The van der Waals surface area contributed by atoms with E-state index in [1.165, 1.54) is 37.9 Å². The number of likely N-dealkylation sites (tertiary alicyclic amines) is 1. The summed E-state index contributed by atoms with van der Waals surface area (Å²) in [5, 5.41) is 3.74. The van der Waals surface area contributed by atoms with Crippen LogP contribution >= 0.6 is 0 Å². The summed E-state index contributed by atoms with van der Waals surface area (Å²) in [6.45, 7) is 7.78. The van der Waals surface area contributed by atoms with Crippen LogP contribution in [0.25, 0.3) is 0 Å². The molecule has 2 unspecified atom stereocenters. The van der Waals surface area contributed by atoms with Gasteiger partial charge in [-0.15, -0.1) is 0 Å². The third kappa shape index (κ3) is 3.55. The summed E-state index contributed by atoms with van der Waals surface area (Å²) in [7, 11) is 2.10. The maximum atomic E-state index is 4.62. The molecule has 3 heterocycles. The Morgan fingerprint density at radius 2 is 2.00 bits per heavy atom. The van der Waals surface area contributed by atoms with Crippen LogP contribution in [0.2, 0.25) is 0 Å². The highest BCUT2D eigenvalue weighted by molar-refractivity contribution is 5.39. The molecule has 4 nitrogen and oxygen atoms in total. The Morgan fingerprint density at radius 1 is 1.29 bits per heavy atom. The molecule has 0 amide bonds. The van der Waals surface area contributed by atoms with Gasteiger partial charge in [-0.2, -0.15) is 0 Å². The van der Waals surface area contributed by atoms with Crippen LogP contribution in [0, 0.1) is 0 Å². The number of fused-ring (bicyclic) bond motifs is 2. The van der Waals surface area contributed by atoms with E-state index in [2.05, 4.69) is 53.1 Å². The number of piperidine rings is 1. The lowest BCUT2D eigenvalue weighted by Gasteiger charge is -2.42. The molecule has 3 rings (SSSR count). The molecule has 1 aromatic heterocycles. The molecular formula is C17H28N4. The van der Waals surface area contributed by atoms with Crippen molar-refractivity contribution in [3.05, 3.63) is 23.9 Å². The molecule has 0 radical (unpaired) electrons. The van der Waals surface area contributed by atoms with Crippen molar-refractivity contribution in [2.45, 2.75) is 57.8 Å². The van der Waals surface area contributed by atoms with Gasteiger partial charge in [0, 0.05) is 51.0 Å². The van der Waals surface area contributed by atoms with Gasteiger partial charge in [0.1, 0.15) is 5.82 Å². The molecule has 0 spiro atoms. The topological polar surface area (TPSA) is 31.4 Å². The summed E-state index contributed by atoms with van der Waals surface area (Å²) < 4.78 is 0. The fourth-order valence-corrected chi connectivity index (χ4v) is 3.47. The lowest BCUT2D eigenvalue weighted by molar-refractivity contribution is 0.119. The second-order valence-electron chi connectivity index (χ2n) is 6.91. The number of piperazine rings is 1. The Balaban J connectivity index is 1.60.